The highest BCUT2D eigenvalue weighted by molar-refractivity contribution is 7.99. The van der Waals surface area contributed by atoms with Crippen LogP contribution in [0, 0.1) is 0 Å². The van der Waals surface area contributed by atoms with Crippen LogP contribution in [0.4, 0.5) is 0 Å². The monoisotopic (exact) mass is 253 g/mol. The molecule has 1 aromatic rings. The van der Waals surface area contributed by atoms with E-state index in [9.17, 15) is 0 Å². The zero-order chi connectivity index (χ0) is 12.1. The minimum atomic E-state index is 0.341. The fourth-order valence-corrected chi connectivity index (χ4v) is 2.87. The molecule has 0 bridgehead atoms. The summed E-state index contributed by atoms with van der Waals surface area (Å²) in [6.07, 6.45) is 1.22. The van der Waals surface area contributed by atoms with Crippen LogP contribution in [0.2, 0.25) is 0 Å². The average Bonchev–Trinajstić information content (AvgIpc) is 2.82. The van der Waals surface area contributed by atoms with E-state index in [4.69, 9.17) is 9.47 Å². The molecular formula is C13H19NO2S. The predicted molar refractivity (Wildman–Crippen MR) is 72.0 cm³/mol. The van der Waals surface area contributed by atoms with Crippen molar-refractivity contribution in [3.05, 3.63) is 23.8 Å². The van der Waals surface area contributed by atoms with E-state index in [1.165, 1.54) is 17.7 Å². The number of hydrogen-bond acceptors (Lipinski definition) is 4. The van der Waals surface area contributed by atoms with Gasteiger partial charge in [0.2, 0.25) is 6.79 Å². The second-order valence-corrected chi connectivity index (χ2v) is 5.18. The van der Waals surface area contributed by atoms with Gasteiger partial charge >= 0.3 is 0 Å². The first kappa shape index (κ1) is 12.6. The van der Waals surface area contributed by atoms with Crippen LogP contribution >= 0.6 is 11.8 Å². The summed E-state index contributed by atoms with van der Waals surface area (Å²) in [4.78, 5) is 0. The van der Waals surface area contributed by atoms with Crippen molar-refractivity contribution in [2.45, 2.75) is 19.4 Å². The minimum absolute atomic E-state index is 0.341. The van der Waals surface area contributed by atoms with Crippen molar-refractivity contribution >= 4 is 11.8 Å². The van der Waals surface area contributed by atoms with Gasteiger partial charge in [0.15, 0.2) is 11.5 Å². The van der Waals surface area contributed by atoms with Crippen molar-refractivity contribution < 1.29 is 9.47 Å². The smallest absolute Gasteiger partial charge is 0.231 e. The van der Waals surface area contributed by atoms with Crippen LogP contribution in [0.3, 0.4) is 0 Å². The molecule has 0 aliphatic carbocycles. The quantitative estimate of drug-likeness (QED) is 0.790. The Balaban J connectivity index is 2.03. The molecular weight excluding hydrogens is 234 g/mol. The van der Waals surface area contributed by atoms with Gasteiger partial charge < -0.3 is 14.8 Å². The minimum Gasteiger partial charge on any atom is -0.454 e. The second kappa shape index (κ2) is 6.17. The van der Waals surface area contributed by atoms with Crippen LogP contribution in [0.25, 0.3) is 0 Å². The highest BCUT2D eigenvalue weighted by Gasteiger charge is 2.16. The first-order valence-corrected chi connectivity index (χ1v) is 7.15. The van der Waals surface area contributed by atoms with Gasteiger partial charge in [-0.05, 0) is 36.9 Å². The third-order valence-electron chi connectivity index (χ3n) is 2.78. The molecule has 2 rings (SSSR count). The van der Waals surface area contributed by atoms with Gasteiger partial charge in [-0.15, -0.1) is 0 Å². The van der Waals surface area contributed by atoms with E-state index in [1.54, 1.807) is 0 Å². The maximum Gasteiger partial charge on any atom is 0.231 e. The van der Waals surface area contributed by atoms with Gasteiger partial charge in [-0.2, -0.15) is 11.8 Å². The van der Waals surface area contributed by atoms with Gasteiger partial charge in [-0.1, -0.05) is 13.0 Å². The van der Waals surface area contributed by atoms with Gasteiger partial charge in [-0.25, -0.2) is 0 Å². The Labute approximate surface area is 107 Å². The van der Waals surface area contributed by atoms with E-state index in [-0.39, 0.29) is 0 Å². The van der Waals surface area contributed by atoms with E-state index in [0.717, 1.165) is 17.3 Å². The third kappa shape index (κ3) is 3.07. The highest BCUT2D eigenvalue weighted by atomic mass is 32.2. The van der Waals surface area contributed by atoms with E-state index in [1.807, 2.05) is 24.9 Å². The lowest BCUT2D eigenvalue weighted by Crippen LogP contribution is -2.18. The summed E-state index contributed by atoms with van der Waals surface area (Å²) in [5.41, 5.74) is 1.26. The normalized spacial score (nSPS) is 14.9. The summed E-state index contributed by atoms with van der Waals surface area (Å²) in [6, 6.07) is 6.56. The van der Waals surface area contributed by atoms with Crippen LogP contribution in [0.5, 0.6) is 11.5 Å². The molecule has 3 nitrogen and oxygen atoms in total. The Kier molecular flexibility index (Phi) is 4.57. The summed E-state index contributed by atoms with van der Waals surface area (Å²) in [7, 11) is 2.00. The SMILES string of the molecule is CCCSCC(NC)c1ccc2c(c1)OCO2. The lowest BCUT2D eigenvalue weighted by molar-refractivity contribution is 0.174. The third-order valence-corrected chi connectivity index (χ3v) is 4.05. The number of fused-ring (bicyclic) bond motifs is 1. The van der Waals surface area contributed by atoms with Crippen molar-refractivity contribution in [1.82, 2.24) is 5.32 Å². The molecule has 0 fully saturated rings. The molecule has 1 N–H and O–H groups in total. The molecule has 1 unspecified atom stereocenters. The number of ether oxygens (including phenoxy) is 2. The fourth-order valence-electron chi connectivity index (χ4n) is 1.82. The van der Waals surface area contributed by atoms with Crippen molar-refractivity contribution in [3.8, 4) is 11.5 Å². The first-order valence-electron chi connectivity index (χ1n) is 5.99. The molecule has 0 saturated heterocycles. The van der Waals surface area contributed by atoms with Gasteiger partial charge in [0.05, 0.1) is 0 Å². The summed E-state index contributed by atoms with van der Waals surface area (Å²) >= 11 is 1.98. The lowest BCUT2D eigenvalue weighted by Gasteiger charge is -2.16. The molecule has 1 aliphatic heterocycles. The van der Waals surface area contributed by atoms with E-state index in [0.29, 0.717) is 12.8 Å². The van der Waals surface area contributed by atoms with Crippen LogP contribution in [0.15, 0.2) is 18.2 Å². The Hall–Kier alpha value is -0.870. The Bertz CT molecular complexity index is 370. The van der Waals surface area contributed by atoms with Gasteiger partial charge in [0, 0.05) is 11.8 Å². The topological polar surface area (TPSA) is 30.5 Å². The Morgan fingerprint density at radius 2 is 2.18 bits per heavy atom. The molecule has 0 saturated carbocycles. The largest absolute Gasteiger partial charge is 0.454 e. The summed E-state index contributed by atoms with van der Waals surface area (Å²) in [5.74, 6) is 4.01. The van der Waals surface area contributed by atoms with E-state index in [2.05, 4.69) is 24.4 Å². The maximum atomic E-state index is 5.40. The molecule has 0 aromatic heterocycles. The molecule has 94 valence electrons. The Morgan fingerprint density at radius 1 is 1.35 bits per heavy atom. The summed E-state index contributed by atoms with van der Waals surface area (Å²) in [5, 5.41) is 3.35. The highest BCUT2D eigenvalue weighted by Crippen LogP contribution is 2.34. The molecule has 1 heterocycles. The molecule has 0 radical (unpaired) electrons. The number of hydrogen-bond donors (Lipinski definition) is 1. The molecule has 1 aromatic carbocycles. The zero-order valence-electron chi connectivity index (χ0n) is 10.4. The number of thioether (sulfide) groups is 1. The first-order chi connectivity index (χ1) is 8.35. The molecule has 1 atom stereocenters. The molecule has 0 spiro atoms. The molecule has 1 aliphatic rings. The lowest BCUT2D eigenvalue weighted by atomic mass is 10.1. The summed E-state index contributed by atoms with van der Waals surface area (Å²) < 4.78 is 10.7. The maximum absolute atomic E-state index is 5.40. The molecule has 4 heteroatoms. The Morgan fingerprint density at radius 3 is 2.94 bits per heavy atom. The van der Waals surface area contributed by atoms with E-state index >= 15 is 0 Å². The zero-order valence-corrected chi connectivity index (χ0v) is 11.2. The number of rotatable bonds is 6. The van der Waals surface area contributed by atoms with Crippen LogP contribution in [-0.2, 0) is 0 Å². The molecule has 17 heavy (non-hydrogen) atoms. The number of benzene rings is 1. The standard InChI is InChI=1S/C13H19NO2S/c1-3-6-17-8-11(14-2)10-4-5-12-13(7-10)16-9-15-12/h4-5,7,11,14H,3,6,8-9H2,1-2H3. The van der Waals surface area contributed by atoms with Crippen LogP contribution in [-0.4, -0.2) is 25.3 Å². The van der Waals surface area contributed by atoms with Crippen LogP contribution in [0.1, 0.15) is 24.9 Å². The van der Waals surface area contributed by atoms with Crippen molar-refractivity contribution in [2.75, 3.05) is 25.3 Å². The van der Waals surface area contributed by atoms with E-state index < -0.39 is 0 Å². The van der Waals surface area contributed by atoms with Crippen molar-refractivity contribution in [1.29, 1.82) is 0 Å². The van der Waals surface area contributed by atoms with Gasteiger partial charge in [-0.3, -0.25) is 0 Å². The van der Waals surface area contributed by atoms with Gasteiger partial charge in [0.25, 0.3) is 0 Å². The average molecular weight is 253 g/mol. The predicted octanol–water partition coefficient (Wildman–Crippen LogP) is 2.82. The fraction of sp³-hybridized carbons (Fsp3) is 0.538. The second-order valence-electron chi connectivity index (χ2n) is 4.03. The summed E-state index contributed by atoms with van der Waals surface area (Å²) in [6.45, 7) is 2.55. The number of nitrogens with one attached hydrogen (secondary N) is 1. The van der Waals surface area contributed by atoms with Crippen LogP contribution < -0.4 is 14.8 Å². The van der Waals surface area contributed by atoms with Crippen molar-refractivity contribution in [3.63, 3.8) is 0 Å². The van der Waals surface area contributed by atoms with Crippen molar-refractivity contribution in [2.24, 2.45) is 0 Å². The molecule has 0 amide bonds. The van der Waals surface area contributed by atoms with Gasteiger partial charge in [0.1, 0.15) is 0 Å².